The molecule has 0 atom stereocenters. The van der Waals surface area contributed by atoms with Crippen molar-refractivity contribution in [1.82, 2.24) is 0 Å². The van der Waals surface area contributed by atoms with Gasteiger partial charge < -0.3 is 0 Å². The second-order valence-electron chi connectivity index (χ2n) is 6.28. The maximum absolute atomic E-state index is 12.4. The molecule has 0 aliphatic heterocycles. The number of Topliss-reactive ketones (excluding diaryl/α,β-unsaturated/α-hetero) is 1. The van der Waals surface area contributed by atoms with Gasteiger partial charge in [0, 0.05) is 11.0 Å². The minimum atomic E-state index is -0.327. The molecule has 19 heavy (non-hydrogen) atoms. The van der Waals surface area contributed by atoms with Crippen LogP contribution in [-0.4, -0.2) is 5.78 Å². The van der Waals surface area contributed by atoms with Gasteiger partial charge in [-0.25, -0.2) is 0 Å². The van der Waals surface area contributed by atoms with Gasteiger partial charge >= 0.3 is 0 Å². The first kappa shape index (κ1) is 12.2. The van der Waals surface area contributed by atoms with Crippen LogP contribution in [0.4, 0.5) is 0 Å². The number of hydrogen-bond donors (Lipinski definition) is 0. The van der Waals surface area contributed by atoms with Crippen LogP contribution in [0, 0.1) is 5.41 Å². The van der Waals surface area contributed by atoms with Gasteiger partial charge in [-0.1, -0.05) is 57.2 Å². The van der Waals surface area contributed by atoms with Crippen molar-refractivity contribution in [3.8, 4) is 11.1 Å². The number of hydrogen-bond acceptors (Lipinski definition) is 1. The molecule has 0 N–H and O–H groups in total. The van der Waals surface area contributed by atoms with Crippen LogP contribution in [0.25, 0.3) is 11.1 Å². The number of rotatable bonds is 1. The van der Waals surface area contributed by atoms with E-state index in [1.807, 2.05) is 26.8 Å². The summed E-state index contributed by atoms with van der Waals surface area (Å²) in [5.41, 5.74) is 5.69. The van der Waals surface area contributed by atoms with Crippen LogP contribution >= 0.6 is 0 Å². The summed E-state index contributed by atoms with van der Waals surface area (Å²) in [5.74, 6) is 0.208. The Morgan fingerprint density at radius 1 is 0.947 bits per heavy atom. The smallest absolute Gasteiger partial charge is 0.168 e. The Hall–Kier alpha value is -1.89. The van der Waals surface area contributed by atoms with Crippen molar-refractivity contribution >= 4 is 5.78 Å². The molecule has 2 aromatic rings. The lowest BCUT2D eigenvalue weighted by atomic mass is 9.85. The summed E-state index contributed by atoms with van der Waals surface area (Å²) in [6.45, 7) is 5.91. The highest BCUT2D eigenvalue weighted by atomic mass is 16.1. The Morgan fingerprint density at radius 3 is 2.37 bits per heavy atom. The number of fused-ring (bicyclic) bond motifs is 3. The van der Waals surface area contributed by atoms with E-state index in [-0.39, 0.29) is 11.2 Å². The fourth-order valence-electron chi connectivity index (χ4n) is 2.70. The Labute approximate surface area is 114 Å². The third kappa shape index (κ3) is 1.99. The number of benzene rings is 2. The molecule has 0 bridgehead atoms. The Balaban J connectivity index is 2.10. The fraction of sp³-hybridized carbons (Fsp3) is 0.278. The van der Waals surface area contributed by atoms with Gasteiger partial charge in [0.15, 0.2) is 5.78 Å². The van der Waals surface area contributed by atoms with Crippen LogP contribution in [0.2, 0.25) is 0 Å². The highest BCUT2D eigenvalue weighted by Crippen LogP contribution is 2.37. The standard InChI is InChI=1S/C18H18O/c1-18(2,3)17(19)14-9-8-13-10-12-6-4-5-7-15(12)16(13)11-14/h4-9,11H,10H2,1-3H3. The molecule has 3 rings (SSSR count). The molecule has 1 aliphatic carbocycles. The van der Waals surface area contributed by atoms with E-state index in [0.717, 1.165) is 12.0 Å². The van der Waals surface area contributed by atoms with Crippen molar-refractivity contribution < 1.29 is 4.79 Å². The second-order valence-corrected chi connectivity index (χ2v) is 6.28. The second kappa shape index (κ2) is 4.06. The molecule has 1 nitrogen and oxygen atoms in total. The van der Waals surface area contributed by atoms with E-state index in [0.29, 0.717) is 0 Å². The maximum atomic E-state index is 12.4. The highest BCUT2D eigenvalue weighted by Gasteiger charge is 2.25. The number of carbonyl (C=O) groups is 1. The van der Waals surface area contributed by atoms with E-state index in [2.05, 4.69) is 36.4 Å². The van der Waals surface area contributed by atoms with E-state index in [1.54, 1.807) is 0 Å². The Kier molecular flexibility index (Phi) is 2.60. The van der Waals surface area contributed by atoms with Crippen molar-refractivity contribution in [2.24, 2.45) is 5.41 Å². The zero-order chi connectivity index (χ0) is 13.6. The molecule has 1 heteroatoms. The van der Waals surface area contributed by atoms with Gasteiger partial charge in [0.2, 0.25) is 0 Å². The number of carbonyl (C=O) groups excluding carboxylic acids is 1. The van der Waals surface area contributed by atoms with Crippen molar-refractivity contribution in [2.45, 2.75) is 27.2 Å². The van der Waals surface area contributed by atoms with Gasteiger partial charge in [0.25, 0.3) is 0 Å². The van der Waals surface area contributed by atoms with Crippen LogP contribution in [0.15, 0.2) is 42.5 Å². The predicted molar refractivity (Wildman–Crippen MR) is 78.5 cm³/mol. The normalized spacial score (nSPS) is 13.0. The summed E-state index contributed by atoms with van der Waals surface area (Å²) < 4.78 is 0. The van der Waals surface area contributed by atoms with Gasteiger partial charge in [-0.2, -0.15) is 0 Å². The SMILES string of the molecule is CC(C)(C)C(=O)c1ccc2c(c1)-c1ccccc1C2. The zero-order valence-electron chi connectivity index (χ0n) is 11.7. The molecule has 0 fully saturated rings. The molecule has 0 saturated heterocycles. The first-order chi connectivity index (χ1) is 8.97. The summed E-state index contributed by atoms with van der Waals surface area (Å²) in [5, 5.41) is 0. The molecule has 0 amide bonds. The van der Waals surface area contributed by atoms with E-state index < -0.39 is 0 Å². The quantitative estimate of drug-likeness (QED) is 0.582. The summed E-state index contributed by atoms with van der Waals surface area (Å²) in [6.07, 6.45) is 0.982. The molecule has 0 unspecified atom stereocenters. The van der Waals surface area contributed by atoms with E-state index in [9.17, 15) is 4.79 Å². The molecule has 0 aromatic heterocycles. The minimum Gasteiger partial charge on any atom is -0.294 e. The molecule has 0 radical (unpaired) electrons. The third-order valence-electron chi connectivity index (χ3n) is 3.74. The predicted octanol–water partition coefficient (Wildman–Crippen LogP) is 4.49. The largest absolute Gasteiger partial charge is 0.294 e. The highest BCUT2D eigenvalue weighted by molar-refractivity contribution is 6.01. The Morgan fingerprint density at radius 2 is 1.63 bits per heavy atom. The van der Waals surface area contributed by atoms with Crippen molar-refractivity contribution in [1.29, 1.82) is 0 Å². The monoisotopic (exact) mass is 250 g/mol. The Bertz CT molecular complexity index is 660. The first-order valence-corrected chi connectivity index (χ1v) is 6.73. The van der Waals surface area contributed by atoms with Gasteiger partial charge in [-0.15, -0.1) is 0 Å². The third-order valence-corrected chi connectivity index (χ3v) is 3.74. The molecule has 1 aliphatic rings. The van der Waals surface area contributed by atoms with Crippen LogP contribution in [-0.2, 0) is 6.42 Å². The van der Waals surface area contributed by atoms with Crippen molar-refractivity contribution in [3.63, 3.8) is 0 Å². The van der Waals surface area contributed by atoms with Crippen molar-refractivity contribution in [3.05, 3.63) is 59.2 Å². The average Bonchev–Trinajstić information content (AvgIpc) is 2.74. The van der Waals surface area contributed by atoms with Gasteiger partial charge in [-0.05, 0) is 34.7 Å². The minimum absolute atomic E-state index is 0.208. The van der Waals surface area contributed by atoms with Crippen LogP contribution in [0.1, 0.15) is 42.3 Å². The molecular formula is C18H18O. The summed E-state index contributed by atoms with van der Waals surface area (Å²) in [6, 6.07) is 14.6. The topological polar surface area (TPSA) is 17.1 Å². The van der Waals surface area contributed by atoms with E-state index in [4.69, 9.17) is 0 Å². The molecule has 2 aromatic carbocycles. The van der Waals surface area contributed by atoms with Crippen LogP contribution in [0.3, 0.4) is 0 Å². The fourth-order valence-corrected chi connectivity index (χ4v) is 2.70. The molecule has 96 valence electrons. The van der Waals surface area contributed by atoms with E-state index >= 15 is 0 Å². The molecule has 0 heterocycles. The van der Waals surface area contributed by atoms with Crippen molar-refractivity contribution in [2.75, 3.05) is 0 Å². The van der Waals surface area contributed by atoms with Crippen LogP contribution in [0.5, 0.6) is 0 Å². The summed E-state index contributed by atoms with van der Waals surface area (Å²) >= 11 is 0. The van der Waals surface area contributed by atoms with Crippen LogP contribution < -0.4 is 0 Å². The lowest BCUT2D eigenvalue weighted by Gasteiger charge is -2.17. The van der Waals surface area contributed by atoms with Gasteiger partial charge in [0.1, 0.15) is 0 Å². The first-order valence-electron chi connectivity index (χ1n) is 6.73. The maximum Gasteiger partial charge on any atom is 0.168 e. The average molecular weight is 250 g/mol. The number of ketones is 1. The summed E-state index contributed by atoms with van der Waals surface area (Å²) in [4.78, 5) is 12.4. The summed E-state index contributed by atoms with van der Waals surface area (Å²) in [7, 11) is 0. The van der Waals surface area contributed by atoms with Gasteiger partial charge in [0.05, 0.1) is 0 Å². The lowest BCUT2D eigenvalue weighted by Crippen LogP contribution is -2.20. The van der Waals surface area contributed by atoms with E-state index in [1.165, 1.54) is 22.3 Å². The zero-order valence-corrected chi connectivity index (χ0v) is 11.7. The molecule has 0 spiro atoms. The molecular weight excluding hydrogens is 232 g/mol. The van der Waals surface area contributed by atoms with Gasteiger partial charge in [-0.3, -0.25) is 4.79 Å². The molecule has 0 saturated carbocycles. The lowest BCUT2D eigenvalue weighted by molar-refractivity contribution is 0.0858.